The minimum Gasteiger partial charge on any atom is -0.483 e. The van der Waals surface area contributed by atoms with Gasteiger partial charge >= 0.3 is 0 Å². The number of amidine groups is 1. The van der Waals surface area contributed by atoms with Gasteiger partial charge in [0.25, 0.3) is 0 Å². The van der Waals surface area contributed by atoms with Gasteiger partial charge in [0.05, 0.1) is 0 Å². The third-order valence-electron chi connectivity index (χ3n) is 1.60. The zero-order valence-electron chi connectivity index (χ0n) is 7.80. The molecule has 0 radical (unpaired) electrons. The molecule has 0 fully saturated rings. The molecule has 0 heterocycles. The summed E-state index contributed by atoms with van der Waals surface area (Å²) in [5.41, 5.74) is 6.07. The average molecular weight is 212 g/mol. The number of rotatable bonds is 4. The van der Waals surface area contributed by atoms with E-state index in [1.54, 1.807) is 36.0 Å². The Kier molecular flexibility index (Phi) is 4.12. The van der Waals surface area contributed by atoms with E-state index in [-0.39, 0.29) is 5.84 Å². The fourth-order valence-electron chi connectivity index (χ4n) is 0.907. The zero-order valence-corrected chi connectivity index (χ0v) is 8.62. The van der Waals surface area contributed by atoms with Gasteiger partial charge in [0, 0.05) is 5.56 Å². The van der Waals surface area contributed by atoms with E-state index in [0.29, 0.717) is 11.5 Å². The Labute approximate surface area is 86.7 Å². The summed E-state index contributed by atoms with van der Waals surface area (Å²) < 4.78 is 5.34. The average Bonchev–Trinajstić information content (AvgIpc) is 2.26. The summed E-state index contributed by atoms with van der Waals surface area (Å²) in [6, 6.07) is 7.04. The van der Waals surface area contributed by atoms with Crippen molar-refractivity contribution < 1.29 is 9.94 Å². The molecule has 0 saturated carbocycles. The number of hydrogen-bond acceptors (Lipinski definition) is 4. The summed E-state index contributed by atoms with van der Waals surface area (Å²) in [5, 5.41) is 11.3. The van der Waals surface area contributed by atoms with Crippen molar-refractivity contribution >= 4 is 17.6 Å². The van der Waals surface area contributed by atoms with Crippen LogP contribution in [0.4, 0.5) is 0 Å². The minimum absolute atomic E-state index is 0.0985. The number of ether oxygens (including phenoxy) is 1. The van der Waals surface area contributed by atoms with Gasteiger partial charge in [0.1, 0.15) is 11.7 Å². The van der Waals surface area contributed by atoms with Crippen molar-refractivity contribution in [2.45, 2.75) is 0 Å². The van der Waals surface area contributed by atoms with E-state index in [4.69, 9.17) is 15.7 Å². The third kappa shape index (κ3) is 2.85. The first-order valence-electron chi connectivity index (χ1n) is 3.97. The lowest BCUT2D eigenvalue weighted by atomic mass is 10.2. The van der Waals surface area contributed by atoms with E-state index in [0.717, 1.165) is 5.75 Å². The summed E-state index contributed by atoms with van der Waals surface area (Å²) in [7, 11) is 0. The summed E-state index contributed by atoms with van der Waals surface area (Å²) in [6.45, 7) is 0. The summed E-state index contributed by atoms with van der Waals surface area (Å²) >= 11 is 1.60. The van der Waals surface area contributed by atoms with Crippen molar-refractivity contribution in [3.8, 4) is 5.75 Å². The number of hydrogen-bond donors (Lipinski definition) is 2. The Balaban J connectivity index is 2.68. The number of thioether (sulfide) groups is 1. The molecule has 0 aliphatic heterocycles. The van der Waals surface area contributed by atoms with Crippen LogP contribution in [0.15, 0.2) is 29.4 Å². The lowest BCUT2D eigenvalue weighted by molar-refractivity contribution is 0.318. The summed E-state index contributed by atoms with van der Waals surface area (Å²) in [6.07, 6.45) is 1.96. The van der Waals surface area contributed by atoms with Gasteiger partial charge < -0.3 is 15.7 Å². The first kappa shape index (κ1) is 10.7. The highest BCUT2D eigenvalue weighted by molar-refractivity contribution is 7.98. The Morgan fingerprint density at radius 2 is 2.14 bits per heavy atom. The van der Waals surface area contributed by atoms with Crippen molar-refractivity contribution in [2.75, 3.05) is 12.2 Å². The number of oxime groups is 1. The quantitative estimate of drug-likeness (QED) is 0.261. The highest BCUT2D eigenvalue weighted by atomic mass is 32.2. The van der Waals surface area contributed by atoms with Crippen LogP contribution < -0.4 is 10.5 Å². The fourth-order valence-corrected chi connectivity index (χ4v) is 1.16. The van der Waals surface area contributed by atoms with Crippen LogP contribution in [0.2, 0.25) is 0 Å². The molecule has 5 heteroatoms. The van der Waals surface area contributed by atoms with Crippen LogP contribution in [0.25, 0.3) is 0 Å². The number of nitrogens with zero attached hydrogens (tertiary/aromatic N) is 1. The lowest BCUT2D eigenvalue weighted by Crippen LogP contribution is -2.12. The van der Waals surface area contributed by atoms with Crippen molar-refractivity contribution in [1.29, 1.82) is 0 Å². The monoisotopic (exact) mass is 212 g/mol. The van der Waals surface area contributed by atoms with Crippen LogP contribution in [0, 0.1) is 0 Å². The highest BCUT2D eigenvalue weighted by Gasteiger charge is 1.98. The van der Waals surface area contributed by atoms with E-state index in [9.17, 15) is 0 Å². The Morgan fingerprint density at radius 3 is 2.64 bits per heavy atom. The van der Waals surface area contributed by atoms with Crippen molar-refractivity contribution in [3.05, 3.63) is 29.8 Å². The second-order valence-corrected chi connectivity index (χ2v) is 3.37. The maximum Gasteiger partial charge on any atom is 0.170 e. The molecule has 1 rings (SSSR count). The molecule has 3 N–H and O–H groups in total. The molecular formula is C9H12N2O2S. The van der Waals surface area contributed by atoms with Crippen molar-refractivity contribution in [2.24, 2.45) is 10.9 Å². The van der Waals surface area contributed by atoms with E-state index >= 15 is 0 Å². The van der Waals surface area contributed by atoms with Crippen LogP contribution in [0.3, 0.4) is 0 Å². The summed E-state index contributed by atoms with van der Waals surface area (Å²) in [5.74, 6) is 1.48. The predicted octanol–water partition coefficient (Wildman–Crippen LogP) is 1.48. The summed E-state index contributed by atoms with van der Waals surface area (Å²) in [4.78, 5) is 0. The van der Waals surface area contributed by atoms with Crippen LogP contribution >= 0.6 is 11.8 Å². The van der Waals surface area contributed by atoms with E-state index in [1.165, 1.54) is 0 Å². The van der Waals surface area contributed by atoms with Gasteiger partial charge in [-0.05, 0) is 30.5 Å². The van der Waals surface area contributed by atoms with Gasteiger partial charge in [-0.15, -0.1) is 11.8 Å². The van der Waals surface area contributed by atoms with E-state index in [2.05, 4.69) is 5.16 Å². The smallest absolute Gasteiger partial charge is 0.170 e. The highest BCUT2D eigenvalue weighted by Crippen LogP contribution is 2.13. The SMILES string of the molecule is CSCOc1ccc(/C(N)=N/O)cc1. The molecule has 0 spiro atoms. The lowest BCUT2D eigenvalue weighted by Gasteiger charge is -2.04. The van der Waals surface area contributed by atoms with Crippen LogP contribution in [-0.4, -0.2) is 23.2 Å². The number of benzene rings is 1. The molecule has 14 heavy (non-hydrogen) atoms. The van der Waals surface area contributed by atoms with Gasteiger partial charge in [-0.2, -0.15) is 0 Å². The molecule has 0 aromatic heterocycles. The third-order valence-corrected chi connectivity index (χ3v) is 1.95. The molecular weight excluding hydrogens is 200 g/mol. The molecule has 0 bridgehead atoms. The molecule has 76 valence electrons. The molecule has 0 aliphatic carbocycles. The molecule has 0 amide bonds. The normalized spacial score (nSPS) is 11.4. The second kappa shape index (κ2) is 5.39. The van der Waals surface area contributed by atoms with Crippen LogP contribution in [0.5, 0.6) is 5.75 Å². The van der Waals surface area contributed by atoms with Crippen LogP contribution in [0.1, 0.15) is 5.56 Å². The fraction of sp³-hybridized carbons (Fsp3) is 0.222. The first-order chi connectivity index (χ1) is 6.77. The maximum absolute atomic E-state index is 8.43. The topological polar surface area (TPSA) is 67.8 Å². The van der Waals surface area contributed by atoms with Crippen molar-refractivity contribution in [3.63, 3.8) is 0 Å². The maximum atomic E-state index is 8.43. The van der Waals surface area contributed by atoms with Gasteiger partial charge in [-0.3, -0.25) is 0 Å². The zero-order chi connectivity index (χ0) is 10.4. The van der Waals surface area contributed by atoms with Gasteiger partial charge in [0.15, 0.2) is 5.84 Å². The molecule has 1 aromatic carbocycles. The largest absolute Gasteiger partial charge is 0.483 e. The first-order valence-corrected chi connectivity index (χ1v) is 5.37. The van der Waals surface area contributed by atoms with Gasteiger partial charge in [0.2, 0.25) is 0 Å². The van der Waals surface area contributed by atoms with E-state index < -0.39 is 0 Å². The van der Waals surface area contributed by atoms with Gasteiger partial charge in [-0.1, -0.05) is 5.16 Å². The molecule has 4 nitrogen and oxygen atoms in total. The second-order valence-electron chi connectivity index (χ2n) is 2.56. The van der Waals surface area contributed by atoms with Crippen LogP contribution in [-0.2, 0) is 0 Å². The van der Waals surface area contributed by atoms with Crippen molar-refractivity contribution in [1.82, 2.24) is 0 Å². The Hall–Kier alpha value is -1.36. The Bertz CT molecular complexity index is 311. The Morgan fingerprint density at radius 1 is 1.50 bits per heavy atom. The molecule has 0 unspecified atom stereocenters. The molecule has 0 atom stereocenters. The molecule has 1 aromatic rings. The number of nitrogens with two attached hydrogens (primary N) is 1. The van der Waals surface area contributed by atoms with E-state index in [1.807, 2.05) is 6.26 Å². The molecule has 0 saturated heterocycles. The van der Waals surface area contributed by atoms with Gasteiger partial charge in [-0.25, -0.2) is 0 Å². The minimum atomic E-state index is 0.0985. The standard InChI is InChI=1S/C9H12N2O2S/c1-14-6-13-8-4-2-7(3-5-8)9(10)11-12/h2-5,12H,6H2,1H3,(H2,10,11). The predicted molar refractivity (Wildman–Crippen MR) is 58.0 cm³/mol. The molecule has 0 aliphatic rings.